The lowest BCUT2D eigenvalue weighted by molar-refractivity contribution is 0.0432. The van der Waals surface area contributed by atoms with Gasteiger partial charge in [-0.05, 0) is 36.5 Å². The molecule has 1 N–H and O–H groups in total. The van der Waals surface area contributed by atoms with E-state index in [4.69, 9.17) is 0 Å². The molecule has 2 fully saturated rings. The molecule has 2 rings (SSSR count). The Morgan fingerprint density at radius 1 is 1.50 bits per heavy atom. The molecule has 0 aromatic heterocycles. The zero-order valence-electron chi connectivity index (χ0n) is 6.80. The molecule has 4 atom stereocenters. The third-order valence-electron chi connectivity index (χ3n) is 3.91. The molecule has 0 radical (unpaired) electrons. The molecule has 58 valence electrons. The molecule has 2 aliphatic carbocycles. The van der Waals surface area contributed by atoms with Gasteiger partial charge in [0.15, 0.2) is 0 Å². The molecule has 0 spiro atoms. The van der Waals surface area contributed by atoms with Gasteiger partial charge in [-0.25, -0.2) is 0 Å². The summed E-state index contributed by atoms with van der Waals surface area (Å²) in [5.74, 6) is 1.19. The minimum atomic E-state index is 0.0127. The van der Waals surface area contributed by atoms with Crippen molar-refractivity contribution in [2.75, 3.05) is 0 Å². The fourth-order valence-electron chi connectivity index (χ4n) is 2.84. The Labute approximate surface area is 62.4 Å². The van der Waals surface area contributed by atoms with E-state index in [0.29, 0.717) is 17.3 Å². The van der Waals surface area contributed by atoms with Crippen molar-refractivity contribution in [2.45, 2.75) is 39.2 Å². The summed E-state index contributed by atoms with van der Waals surface area (Å²) in [5.41, 5.74) is 0.490. The molecule has 10 heavy (non-hydrogen) atoms. The Kier molecular flexibility index (Phi) is 1.17. The summed E-state index contributed by atoms with van der Waals surface area (Å²) in [6.07, 6.45) is 3.89. The highest BCUT2D eigenvalue weighted by Crippen LogP contribution is 2.56. The summed E-state index contributed by atoms with van der Waals surface area (Å²) in [6.45, 7) is 4.53. The summed E-state index contributed by atoms with van der Waals surface area (Å²) in [5, 5.41) is 9.65. The van der Waals surface area contributed by atoms with Crippen LogP contribution in [0.1, 0.15) is 33.1 Å². The standard InChI is InChI=1S/C9H16O/c1-6-8(10)7-3-4-9(6,2)5-7/h6-8,10H,3-5H2,1-2H3. The molecule has 1 heteroatoms. The molecule has 0 aromatic carbocycles. The quantitative estimate of drug-likeness (QED) is 0.544. The largest absolute Gasteiger partial charge is 0.393 e. The zero-order valence-corrected chi connectivity index (χ0v) is 6.80. The molecule has 1 nitrogen and oxygen atoms in total. The van der Waals surface area contributed by atoms with Crippen LogP contribution in [0, 0.1) is 17.3 Å². The van der Waals surface area contributed by atoms with Gasteiger partial charge in [0.1, 0.15) is 0 Å². The number of hydrogen-bond donors (Lipinski definition) is 1. The zero-order chi connectivity index (χ0) is 7.35. The van der Waals surface area contributed by atoms with E-state index in [2.05, 4.69) is 13.8 Å². The normalized spacial score (nSPS) is 59.7. The van der Waals surface area contributed by atoms with Crippen molar-refractivity contribution in [1.29, 1.82) is 0 Å². The number of fused-ring (bicyclic) bond motifs is 2. The van der Waals surface area contributed by atoms with Gasteiger partial charge in [0.25, 0.3) is 0 Å². The van der Waals surface area contributed by atoms with E-state index in [0.717, 1.165) is 0 Å². The maximum Gasteiger partial charge on any atom is 0.0599 e. The van der Waals surface area contributed by atoms with Crippen LogP contribution in [0.25, 0.3) is 0 Å². The number of hydrogen-bond acceptors (Lipinski definition) is 1. The third kappa shape index (κ3) is 0.619. The summed E-state index contributed by atoms with van der Waals surface area (Å²) < 4.78 is 0. The van der Waals surface area contributed by atoms with Crippen LogP contribution >= 0.6 is 0 Å². The van der Waals surface area contributed by atoms with Gasteiger partial charge >= 0.3 is 0 Å². The van der Waals surface area contributed by atoms with Crippen LogP contribution in [0.3, 0.4) is 0 Å². The SMILES string of the molecule is CC1C(O)C2CCC1(C)C2. The first-order valence-electron chi connectivity index (χ1n) is 4.31. The number of aliphatic hydroxyl groups excluding tert-OH is 1. The molecular weight excluding hydrogens is 124 g/mol. The van der Waals surface area contributed by atoms with Gasteiger partial charge in [0.05, 0.1) is 6.10 Å². The van der Waals surface area contributed by atoms with Crippen LogP contribution in [0.15, 0.2) is 0 Å². The highest BCUT2D eigenvalue weighted by Gasteiger charge is 2.52. The predicted molar refractivity (Wildman–Crippen MR) is 40.6 cm³/mol. The second-order valence-electron chi connectivity index (χ2n) is 4.44. The smallest absolute Gasteiger partial charge is 0.0599 e. The lowest BCUT2D eigenvalue weighted by Gasteiger charge is -2.31. The monoisotopic (exact) mass is 140 g/mol. The molecule has 2 saturated carbocycles. The molecule has 2 aliphatic rings. The van der Waals surface area contributed by atoms with Gasteiger partial charge in [0.2, 0.25) is 0 Å². The second-order valence-corrected chi connectivity index (χ2v) is 4.44. The van der Waals surface area contributed by atoms with Crippen LogP contribution in [-0.4, -0.2) is 11.2 Å². The summed E-state index contributed by atoms with van der Waals surface area (Å²) in [6, 6.07) is 0. The number of aliphatic hydroxyl groups is 1. The van der Waals surface area contributed by atoms with Crippen molar-refractivity contribution in [1.82, 2.24) is 0 Å². The van der Waals surface area contributed by atoms with Crippen LogP contribution in [-0.2, 0) is 0 Å². The molecule has 0 heterocycles. The van der Waals surface area contributed by atoms with Crippen LogP contribution in [0.4, 0.5) is 0 Å². The van der Waals surface area contributed by atoms with Crippen molar-refractivity contribution >= 4 is 0 Å². The maximum absolute atomic E-state index is 9.65. The van der Waals surface area contributed by atoms with Gasteiger partial charge in [-0.3, -0.25) is 0 Å². The molecule has 0 aliphatic heterocycles. The van der Waals surface area contributed by atoms with E-state index in [1.54, 1.807) is 0 Å². The summed E-state index contributed by atoms with van der Waals surface area (Å²) in [7, 11) is 0. The Hall–Kier alpha value is -0.0400. The summed E-state index contributed by atoms with van der Waals surface area (Å²) in [4.78, 5) is 0. The van der Waals surface area contributed by atoms with Gasteiger partial charge in [-0.2, -0.15) is 0 Å². The highest BCUT2D eigenvalue weighted by atomic mass is 16.3. The third-order valence-corrected chi connectivity index (χ3v) is 3.91. The van der Waals surface area contributed by atoms with Crippen LogP contribution in [0.5, 0.6) is 0 Å². The van der Waals surface area contributed by atoms with Gasteiger partial charge < -0.3 is 5.11 Å². The van der Waals surface area contributed by atoms with Crippen molar-refractivity contribution < 1.29 is 5.11 Å². The van der Waals surface area contributed by atoms with Crippen molar-refractivity contribution in [3.05, 3.63) is 0 Å². The van der Waals surface area contributed by atoms with E-state index in [-0.39, 0.29) is 6.10 Å². The fraction of sp³-hybridized carbons (Fsp3) is 1.00. The Morgan fingerprint density at radius 2 is 2.20 bits per heavy atom. The van der Waals surface area contributed by atoms with E-state index in [9.17, 15) is 5.11 Å². The van der Waals surface area contributed by atoms with Gasteiger partial charge in [0, 0.05) is 0 Å². The molecule has 0 aromatic rings. The minimum Gasteiger partial charge on any atom is -0.393 e. The van der Waals surface area contributed by atoms with Gasteiger partial charge in [-0.1, -0.05) is 13.8 Å². The van der Waals surface area contributed by atoms with Crippen LogP contribution in [0.2, 0.25) is 0 Å². The molecule has 4 unspecified atom stereocenters. The average molecular weight is 140 g/mol. The summed E-state index contributed by atoms with van der Waals surface area (Å²) >= 11 is 0. The molecular formula is C9H16O. The van der Waals surface area contributed by atoms with Crippen molar-refractivity contribution in [2.24, 2.45) is 17.3 Å². The van der Waals surface area contributed by atoms with Crippen molar-refractivity contribution in [3.63, 3.8) is 0 Å². The Bertz CT molecular complexity index is 155. The highest BCUT2D eigenvalue weighted by molar-refractivity contribution is 5.02. The first-order valence-corrected chi connectivity index (χ1v) is 4.31. The van der Waals surface area contributed by atoms with Gasteiger partial charge in [-0.15, -0.1) is 0 Å². The van der Waals surface area contributed by atoms with E-state index in [1.165, 1.54) is 19.3 Å². The second kappa shape index (κ2) is 1.76. The lowest BCUT2D eigenvalue weighted by atomic mass is 9.77. The van der Waals surface area contributed by atoms with E-state index < -0.39 is 0 Å². The first kappa shape index (κ1) is 6.66. The molecule has 0 saturated heterocycles. The topological polar surface area (TPSA) is 20.2 Å². The number of rotatable bonds is 0. The van der Waals surface area contributed by atoms with Crippen LogP contribution < -0.4 is 0 Å². The minimum absolute atomic E-state index is 0.0127. The maximum atomic E-state index is 9.65. The molecule has 2 bridgehead atoms. The first-order chi connectivity index (χ1) is 4.63. The Morgan fingerprint density at radius 3 is 2.50 bits per heavy atom. The average Bonchev–Trinajstić information content (AvgIpc) is 2.35. The Balaban J connectivity index is 2.25. The lowest BCUT2D eigenvalue weighted by Crippen LogP contribution is -2.29. The fourth-order valence-corrected chi connectivity index (χ4v) is 2.84. The van der Waals surface area contributed by atoms with E-state index in [1.807, 2.05) is 0 Å². The van der Waals surface area contributed by atoms with E-state index >= 15 is 0 Å². The van der Waals surface area contributed by atoms with Crippen molar-refractivity contribution in [3.8, 4) is 0 Å². The molecule has 0 amide bonds. The predicted octanol–water partition coefficient (Wildman–Crippen LogP) is 1.80.